The van der Waals surface area contributed by atoms with E-state index < -0.39 is 11.8 Å². The first kappa shape index (κ1) is 15.4. The fraction of sp³-hybridized carbons (Fsp3) is 0.750. The van der Waals surface area contributed by atoms with Crippen molar-refractivity contribution in [2.45, 2.75) is 39.5 Å². The molecule has 17 heavy (non-hydrogen) atoms. The Morgan fingerprint density at radius 3 is 2.12 bits per heavy atom. The van der Waals surface area contributed by atoms with Crippen molar-refractivity contribution in [1.82, 2.24) is 10.2 Å². The smallest absolute Gasteiger partial charge is 0.311 e. The van der Waals surface area contributed by atoms with Gasteiger partial charge in [0, 0.05) is 13.1 Å². The predicted molar refractivity (Wildman–Crippen MR) is 65.0 cm³/mol. The fourth-order valence-corrected chi connectivity index (χ4v) is 1.35. The summed E-state index contributed by atoms with van der Waals surface area (Å²) >= 11 is 0. The molecule has 0 bridgehead atoms. The second kappa shape index (κ2) is 9.64. The molecule has 1 N–H and O–H groups in total. The van der Waals surface area contributed by atoms with E-state index in [2.05, 4.69) is 5.32 Å². The minimum absolute atomic E-state index is 0.125. The molecule has 96 valence electrons. The van der Waals surface area contributed by atoms with Gasteiger partial charge < -0.3 is 10.2 Å². The highest BCUT2D eigenvalue weighted by Crippen LogP contribution is 2.00. The van der Waals surface area contributed by atoms with Gasteiger partial charge in [-0.2, -0.15) is 5.26 Å². The summed E-state index contributed by atoms with van der Waals surface area (Å²) < 4.78 is 0. The molecule has 0 atom stereocenters. The lowest BCUT2D eigenvalue weighted by atomic mass is 10.2. The van der Waals surface area contributed by atoms with Crippen molar-refractivity contribution < 1.29 is 9.59 Å². The SMILES string of the molecule is CCCCN(CCCC)C(=O)C(=O)NCC#N. The van der Waals surface area contributed by atoms with Crippen LogP contribution in [-0.2, 0) is 9.59 Å². The van der Waals surface area contributed by atoms with Crippen LogP contribution in [0.5, 0.6) is 0 Å². The lowest BCUT2D eigenvalue weighted by molar-refractivity contribution is -0.145. The van der Waals surface area contributed by atoms with E-state index >= 15 is 0 Å². The van der Waals surface area contributed by atoms with Crippen LogP contribution >= 0.6 is 0 Å². The first-order valence-electron chi connectivity index (χ1n) is 6.11. The molecule has 0 aliphatic rings. The van der Waals surface area contributed by atoms with Crippen LogP contribution in [0.25, 0.3) is 0 Å². The van der Waals surface area contributed by atoms with Gasteiger partial charge >= 0.3 is 11.8 Å². The van der Waals surface area contributed by atoms with Crippen molar-refractivity contribution in [2.75, 3.05) is 19.6 Å². The maximum Gasteiger partial charge on any atom is 0.311 e. The van der Waals surface area contributed by atoms with Gasteiger partial charge in [-0.25, -0.2) is 0 Å². The Morgan fingerprint density at radius 1 is 1.18 bits per heavy atom. The number of nitrogens with one attached hydrogen (secondary N) is 1. The first-order chi connectivity index (χ1) is 8.17. The standard InChI is InChI=1S/C12H21N3O2/c1-3-5-9-15(10-6-4-2)12(17)11(16)14-8-7-13/h3-6,8-10H2,1-2H3,(H,14,16). The molecule has 0 aliphatic carbocycles. The number of carbonyl (C=O) groups is 2. The van der Waals surface area contributed by atoms with E-state index in [1.165, 1.54) is 0 Å². The molecule has 0 aliphatic heterocycles. The van der Waals surface area contributed by atoms with Crippen LogP contribution in [0.1, 0.15) is 39.5 Å². The molecule has 0 rings (SSSR count). The van der Waals surface area contributed by atoms with E-state index in [1.807, 2.05) is 13.8 Å². The monoisotopic (exact) mass is 239 g/mol. The number of amides is 2. The normalized spacial score (nSPS) is 9.47. The van der Waals surface area contributed by atoms with Gasteiger partial charge in [-0.15, -0.1) is 0 Å². The molecule has 5 heteroatoms. The number of hydrogen-bond donors (Lipinski definition) is 1. The molecule has 0 radical (unpaired) electrons. The summed E-state index contributed by atoms with van der Waals surface area (Å²) in [5, 5.41) is 10.6. The third-order valence-electron chi connectivity index (χ3n) is 2.37. The van der Waals surface area contributed by atoms with Gasteiger partial charge in [-0.05, 0) is 12.8 Å². The second-order valence-electron chi connectivity index (χ2n) is 3.84. The highest BCUT2D eigenvalue weighted by atomic mass is 16.2. The van der Waals surface area contributed by atoms with E-state index in [-0.39, 0.29) is 6.54 Å². The number of nitriles is 1. The van der Waals surface area contributed by atoms with Crippen LogP contribution in [0, 0.1) is 11.3 Å². The van der Waals surface area contributed by atoms with Crippen molar-refractivity contribution in [1.29, 1.82) is 5.26 Å². The molecule has 5 nitrogen and oxygen atoms in total. The molecular formula is C12H21N3O2. The molecule has 0 spiro atoms. The molecule has 0 heterocycles. The van der Waals surface area contributed by atoms with Crippen molar-refractivity contribution in [3.63, 3.8) is 0 Å². The van der Waals surface area contributed by atoms with Gasteiger partial charge in [0.25, 0.3) is 0 Å². The maximum absolute atomic E-state index is 11.8. The number of unbranched alkanes of at least 4 members (excludes halogenated alkanes) is 2. The third kappa shape index (κ3) is 6.56. The molecule has 0 saturated carbocycles. The Kier molecular flexibility index (Phi) is 8.75. The number of nitrogens with zero attached hydrogens (tertiary/aromatic N) is 2. The van der Waals surface area contributed by atoms with E-state index in [0.29, 0.717) is 13.1 Å². The molecule has 0 saturated heterocycles. The Bertz CT molecular complexity index is 276. The van der Waals surface area contributed by atoms with E-state index in [4.69, 9.17) is 5.26 Å². The number of rotatable bonds is 7. The number of carbonyl (C=O) groups excluding carboxylic acids is 2. The summed E-state index contributed by atoms with van der Waals surface area (Å²) in [5.74, 6) is -1.21. The molecule has 0 fully saturated rings. The molecule has 0 unspecified atom stereocenters. The molecule has 0 aromatic rings. The minimum atomic E-state index is -0.682. The zero-order chi connectivity index (χ0) is 13.1. The van der Waals surface area contributed by atoms with Crippen molar-refractivity contribution in [3.05, 3.63) is 0 Å². The van der Waals surface area contributed by atoms with Gasteiger partial charge in [0.15, 0.2) is 0 Å². The summed E-state index contributed by atoms with van der Waals surface area (Å²) in [6.07, 6.45) is 3.74. The Labute approximate surface area is 103 Å². The van der Waals surface area contributed by atoms with Gasteiger partial charge in [0.2, 0.25) is 0 Å². The quantitative estimate of drug-likeness (QED) is 0.533. The zero-order valence-electron chi connectivity index (χ0n) is 10.7. The average molecular weight is 239 g/mol. The van der Waals surface area contributed by atoms with Crippen LogP contribution < -0.4 is 5.32 Å². The Hall–Kier alpha value is -1.57. The zero-order valence-corrected chi connectivity index (χ0v) is 10.7. The van der Waals surface area contributed by atoms with Crippen molar-refractivity contribution >= 4 is 11.8 Å². The van der Waals surface area contributed by atoms with Crippen molar-refractivity contribution in [3.8, 4) is 6.07 Å². The second-order valence-corrected chi connectivity index (χ2v) is 3.84. The average Bonchev–Trinajstić information content (AvgIpc) is 2.35. The number of hydrogen-bond acceptors (Lipinski definition) is 3. The van der Waals surface area contributed by atoms with E-state index in [1.54, 1.807) is 11.0 Å². The molecule has 0 aromatic carbocycles. The predicted octanol–water partition coefficient (Wildman–Crippen LogP) is 1.05. The summed E-state index contributed by atoms with van der Waals surface area (Å²) in [6, 6.07) is 1.78. The molecule has 0 aromatic heterocycles. The molecular weight excluding hydrogens is 218 g/mol. The highest BCUT2D eigenvalue weighted by Gasteiger charge is 2.20. The van der Waals surface area contributed by atoms with Crippen LogP contribution in [-0.4, -0.2) is 36.3 Å². The maximum atomic E-state index is 11.8. The summed E-state index contributed by atoms with van der Waals surface area (Å²) in [4.78, 5) is 24.8. The highest BCUT2D eigenvalue weighted by molar-refractivity contribution is 6.35. The van der Waals surface area contributed by atoms with Crippen LogP contribution in [0.2, 0.25) is 0 Å². The lowest BCUT2D eigenvalue weighted by Gasteiger charge is -2.21. The fourth-order valence-electron chi connectivity index (χ4n) is 1.35. The van der Waals surface area contributed by atoms with Gasteiger partial charge in [-0.3, -0.25) is 9.59 Å². The van der Waals surface area contributed by atoms with E-state index in [0.717, 1.165) is 25.7 Å². The third-order valence-corrected chi connectivity index (χ3v) is 2.37. The van der Waals surface area contributed by atoms with E-state index in [9.17, 15) is 9.59 Å². The summed E-state index contributed by atoms with van der Waals surface area (Å²) in [6.45, 7) is 5.17. The van der Waals surface area contributed by atoms with Crippen molar-refractivity contribution in [2.24, 2.45) is 0 Å². The van der Waals surface area contributed by atoms with Crippen LogP contribution in [0.3, 0.4) is 0 Å². The summed E-state index contributed by atoms with van der Waals surface area (Å²) in [7, 11) is 0. The van der Waals surface area contributed by atoms with Gasteiger partial charge in [0.1, 0.15) is 6.54 Å². The largest absolute Gasteiger partial charge is 0.335 e. The van der Waals surface area contributed by atoms with Gasteiger partial charge in [-0.1, -0.05) is 26.7 Å². The first-order valence-corrected chi connectivity index (χ1v) is 6.11. The Balaban J connectivity index is 4.29. The summed E-state index contributed by atoms with van der Waals surface area (Å²) in [5.41, 5.74) is 0. The lowest BCUT2D eigenvalue weighted by Crippen LogP contribution is -2.44. The van der Waals surface area contributed by atoms with Crippen LogP contribution in [0.15, 0.2) is 0 Å². The van der Waals surface area contributed by atoms with Crippen LogP contribution in [0.4, 0.5) is 0 Å². The molecule has 2 amide bonds. The minimum Gasteiger partial charge on any atom is -0.335 e. The van der Waals surface area contributed by atoms with Gasteiger partial charge in [0.05, 0.1) is 6.07 Å². The topological polar surface area (TPSA) is 73.2 Å². The Morgan fingerprint density at radius 2 is 1.71 bits per heavy atom.